The summed E-state index contributed by atoms with van der Waals surface area (Å²) < 4.78 is 8.06. The van der Waals surface area contributed by atoms with Crippen LogP contribution in [0.4, 0.5) is 0 Å². The number of carbonyl (C=O) groups is 1. The molecule has 1 aliphatic heterocycles. The fourth-order valence-electron chi connectivity index (χ4n) is 3.79. The maximum absolute atomic E-state index is 11.4. The minimum Gasteiger partial charge on any atom is -0.471 e. The van der Waals surface area contributed by atoms with Crippen LogP contribution >= 0.6 is 0 Å². The largest absolute Gasteiger partial charge is 0.471 e. The van der Waals surface area contributed by atoms with Gasteiger partial charge >= 0.3 is 0 Å². The summed E-state index contributed by atoms with van der Waals surface area (Å²) in [5.41, 5.74) is 8.82. The molecular weight excluding hydrogens is 376 g/mol. The molecule has 3 aromatic rings. The molecule has 1 saturated heterocycles. The van der Waals surface area contributed by atoms with E-state index in [1.807, 2.05) is 53.3 Å². The highest BCUT2D eigenvalue weighted by molar-refractivity contribution is 5.93. The third-order valence-corrected chi connectivity index (χ3v) is 5.52. The number of piperidine rings is 1. The molecule has 6 nitrogen and oxygen atoms in total. The predicted molar refractivity (Wildman–Crippen MR) is 117 cm³/mol. The Kier molecular flexibility index (Phi) is 6.44. The van der Waals surface area contributed by atoms with Gasteiger partial charge in [0.1, 0.15) is 6.61 Å². The van der Waals surface area contributed by atoms with Crippen molar-refractivity contribution in [1.29, 1.82) is 0 Å². The summed E-state index contributed by atoms with van der Waals surface area (Å²) in [6, 6.07) is 17.3. The molecule has 156 valence electrons. The van der Waals surface area contributed by atoms with Gasteiger partial charge in [-0.05, 0) is 49.2 Å². The summed E-state index contributed by atoms with van der Waals surface area (Å²) >= 11 is 0. The zero-order chi connectivity index (χ0) is 20.8. The molecule has 0 saturated carbocycles. The fourth-order valence-corrected chi connectivity index (χ4v) is 3.79. The lowest BCUT2D eigenvalue weighted by Crippen LogP contribution is -2.32. The van der Waals surface area contributed by atoms with E-state index >= 15 is 0 Å². The van der Waals surface area contributed by atoms with Crippen molar-refractivity contribution in [3.8, 4) is 17.0 Å². The number of likely N-dealkylation sites (tertiary alicyclic amines) is 1. The normalized spacial score (nSPS) is 14.5. The first kappa shape index (κ1) is 20.2. The summed E-state index contributed by atoms with van der Waals surface area (Å²) in [5, 5.41) is 4.72. The van der Waals surface area contributed by atoms with Gasteiger partial charge < -0.3 is 15.4 Å². The Morgan fingerprint density at radius 2 is 1.70 bits per heavy atom. The summed E-state index contributed by atoms with van der Waals surface area (Å²) in [5.74, 6) is 0.170. The van der Waals surface area contributed by atoms with Gasteiger partial charge in [-0.25, -0.2) is 0 Å². The van der Waals surface area contributed by atoms with Gasteiger partial charge in [0.05, 0.1) is 12.1 Å². The Bertz CT molecular complexity index is 961. The number of ether oxygens (including phenoxy) is 1. The summed E-state index contributed by atoms with van der Waals surface area (Å²) in [6.07, 6.45) is 5.93. The Morgan fingerprint density at radius 3 is 2.40 bits per heavy atom. The van der Waals surface area contributed by atoms with Gasteiger partial charge in [0, 0.05) is 18.3 Å². The molecule has 30 heavy (non-hydrogen) atoms. The van der Waals surface area contributed by atoms with E-state index < -0.39 is 5.91 Å². The summed E-state index contributed by atoms with van der Waals surface area (Å²) in [4.78, 5) is 13.9. The van der Waals surface area contributed by atoms with Gasteiger partial charge in [-0.3, -0.25) is 9.48 Å². The van der Waals surface area contributed by atoms with Gasteiger partial charge in [0.15, 0.2) is 0 Å². The first-order valence-electron chi connectivity index (χ1n) is 10.6. The van der Waals surface area contributed by atoms with E-state index in [9.17, 15) is 4.79 Å². The number of nitrogens with two attached hydrogens (primary N) is 1. The fraction of sp³-hybridized carbons (Fsp3) is 0.333. The number of carbonyl (C=O) groups excluding carboxylic acids is 1. The Hall–Kier alpha value is -3.12. The molecule has 0 bridgehead atoms. The summed E-state index contributed by atoms with van der Waals surface area (Å²) in [7, 11) is 0. The van der Waals surface area contributed by atoms with E-state index in [2.05, 4.69) is 4.90 Å². The molecule has 0 spiro atoms. The lowest BCUT2D eigenvalue weighted by Gasteiger charge is -2.26. The molecule has 1 aromatic heterocycles. The van der Waals surface area contributed by atoms with Crippen LogP contribution in [0.2, 0.25) is 0 Å². The van der Waals surface area contributed by atoms with E-state index in [1.54, 1.807) is 12.1 Å². The lowest BCUT2D eigenvalue weighted by atomic mass is 10.1. The highest BCUT2D eigenvalue weighted by atomic mass is 16.5. The SMILES string of the molecule is NC(=O)c1ccc(-c2cn(CCN3CCCCC3)nc2OCc2ccccc2)cc1. The molecule has 0 unspecified atom stereocenters. The van der Waals surface area contributed by atoms with Crippen molar-refractivity contribution >= 4 is 5.91 Å². The highest BCUT2D eigenvalue weighted by Gasteiger charge is 2.15. The van der Waals surface area contributed by atoms with Crippen LogP contribution in [0.1, 0.15) is 35.2 Å². The molecule has 1 fully saturated rings. The lowest BCUT2D eigenvalue weighted by molar-refractivity contribution is 0.100. The van der Waals surface area contributed by atoms with Crippen LogP contribution in [-0.2, 0) is 13.2 Å². The standard InChI is InChI=1S/C24H28N4O2/c25-23(29)21-11-9-20(10-12-21)22-17-28(16-15-27-13-5-2-6-14-27)26-24(22)30-18-19-7-3-1-4-8-19/h1,3-4,7-12,17H,2,5-6,13-16,18H2,(H2,25,29). The monoisotopic (exact) mass is 404 g/mol. The molecule has 0 radical (unpaired) electrons. The van der Waals surface area contributed by atoms with Gasteiger partial charge in [-0.2, -0.15) is 0 Å². The van der Waals surface area contributed by atoms with Crippen molar-refractivity contribution in [2.24, 2.45) is 5.73 Å². The van der Waals surface area contributed by atoms with Crippen LogP contribution in [0.25, 0.3) is 11.1 Å². The third kappa shape index (κ3) is 5.07. The molecule has 0 aliphatic carbocycles. The van der Waals surface area contributed by atoms with Crippen LogP contribution in [0.15, 0.2) is 60.8 Å². The van der Waals surface area contributed by atoms with Crippen LogP contribution in [-0.4, -0.2) is 40.2 Å². The number of nitrogens with zero attached hydrogens (tertiary/aromatic N) is 3. The zero-order valence-corrected chi connectivity index (χ0v) is 17.2. The number of benzene rings is 2. The minimum absolute atomic E-state index is 0.431. The molecule has 1 aliphatic rings. The number of amides is 1. The van der Waals surface area contributed by atoms with Crippen molar-refractivity contribution < 1.29 is 9.53 Å². The first-order valence-corrected chi connectivity index (χ1v) is 10.6. The number of rotatable bonds is 8. The van der Waals surface area contributed by atoms with Crippen LogP contribution < -0.4 is 10.5 Å². The molecule has 0 atom stereocenters. The second-order valence-electron chi connectivity index (χ2n) is 7.73. The maximum Gasteiger partial charge on any atom is 0.248 e. The number of hydrogen-bond donors (Lipinski definition) is 1. The predicted octanol–water partition coefficient (Wildman–Crippen LogP) is 3.71. The van der Waals surface area contributed by atoms with Crippen molar-refractivity contribution in [2.45, 2.75) is 32.4 Å². The molecule has 2 N–H and O–H groups in total. The maximum atomic E-state index is 11.4. The van der Waals surface area contributed by atoms with Crippen LogP contribution in [0.5, 0.6) is 5.88 Å². The molecule has 2 heterocycles. The number of hydrogen-bond acceptors (Lipinski definition) is 4. The molecule has 6 heteroatoms. The Labute approximate surface area is 177 Å². The topological polar surface area (TPSA) is 73.4 Å². The molecule has 2 aromatic carbocycles. The van der Waals surface area contributed by atoms with Crippen molar-refractivity contribution in [1.82, 2.24) is 14.7 Å². The van der Waals surface area contributed by atoms with Gasteiger partial charge in [-0.1, -0.05) is 48.9 Å². The second kappa shape index (κ2) is 9.59. The molecule has 4 rings (SSSR count). The second-order valence-corrected chi connectivity index (χ2v) is 7.73. The van der Waals surface area contributed by atoms with Crippen LogP contribution in [0, 0.1) is 0 Å². The van der Waals surface area contributed by atoms with Crippen LogP contribution in [0.3, 0.4) is 0 Å². The van der Waals surface area contributed by atoms with Crippen molar-refractivity contribution in [3.05, 3.63) is 71.9 Å². The van der Waals surface area contributed by atoms with E-state index in [0.29, 0.717) is 18.1 Å². The minimum atomic E-state index is -0.431. The van der Waals surface area contributed by atoms with Gasteiger partial charge in [0.25, 0.3) is 0 Å². The van der Waals surface area contributed by atoms with E-state index in [1.165, 1.54) is 32.4 Å². The smallest absolute Gasteiger partial charge is 0.248 e. The molecular formula is C24H28N4O2. The quantitative estimate of drug-likeness (QED) is 0.621. The first-order chi connectivity index (χ1) is 14.7. The van der Waals surface area contributed by atoms with E-state index in [0.717, 1.165) is 29.8 Å². The highest BCUT2D eigenvalue weighted by Crippen LogP contribution is 2.30. The Morgan fingerprint density at radius 1 is 0.967 bits per heavy atom. The zero-order valence-electron chi connectivity index (χ0n) is 17.2. The van der Waals surface area contributed by atoms with Crippen molar-refractivity contribution in [3.63, 3.8) is 0 Å². The van der Waals surface area contributed by atoms with E-state index in [-0.39, 0.29) is 0 Å². The van der Waals surface area contributed by atoms with E-state index in [4.69, 9.17) is 15.6 Å². The summed E-state index contributed by atoms with van der Waals surface area (Å²) in [6.45, 7) is 4.59. The average Bonchev–Trinajstić information content (AvgIpc) is 3.21. The van der Waals surface area contributed by atoms with Gasteiger partial charge in [0.2, 0.25) is 11.8 Å². The third-order valence-electron chi connectivity index (χ3n) is 5.52. The Balaban J connectivity index is 1.53. The van der Waals surface area contributed by atoms with Crippen molar-refractivity contribution in [2.75, 3.05) is 19.6 Å². The molecule has 1 amide bonds. The average molecular weight is 405 g/mol. The van der Waals surface area contributed by atoms with Gasteiger partial charge in [-0.15, -0.1) is 5.10 Å². The number of primary amides is 1. The number of aromatic nitrogens is 2.